The summed E-state index contributed by atoms with van der Waals surface area (Å²) >= 11 is 1.49. The zero-order valence-electron chi connectivity index (χ0n) is 21.3. The molecule has 2 aliphatic heterocycles. The van der Waals surface area contributed by atoms with Crippen molar-refractivity contribution in [3.05, 3.63) is 83.7 Å². The van der Waals surface area contributed by atoms with Gasteiger partial charge in [0.1, 0.15) is 15.6 Å². The lowest BCUT2D eigenvalue weighted by molar-refractivity contribution is 0.0861. The summed E-state index contributed by atoms with van der Waals surface area (Å²) in [4.78, 5) is 31.7. The first kappa shape index (κ1) is 23.2. The molecule has 0 N–H and O–H groups in total. The fraction of sp³-hybridized carbons (Fsp3) is 0.276. The smallest absolute Gasteiger partial charge is 0.266 e. The Morgan fingerprint density at radius 2 is 1.89 bits per heavy atom. The van der Waals surface area contributed by atoms with Gasteiger partial charge in [0, 0.05) is 24.5 Å². The molecule has 0 spiro atoms. The van der Waals surface area contributed by atoms with E-state index in [2.05, 4.69) is 39.1 Å². The lowest BCUT2D eigenvalue weighted by Crippen LogP contribution is -2.51. The Balaban J connectivity index is 1.29. The van der Waals surface area contributed by atoms with Crippen LogP contribution in [-0.4, -0.2) is 55.6 Å². The van der Waals surface area contributed by atoms with Crippen molar-refractivity contribution in [3.63, 3.8) is 0 Å². The minimum atomic E-state index is -0.0690. The van der Waals surface area contributed by atoms with E-state index < -0.39 is 0 Å². The highest BCUT2D eigenvalue weighted by Crippen LogP contribution is 2.44. The highest BCUT2D eigenvalue weighted by molar-refractivity contribution is 7.99. The second-order valence-electron chi connectivity index (χ2n) is 10.0. The number of amides is 1. The number of carbonyl (C=O) groups excluding carboxylic acids is 1. The molecule has 3 aliphatic rings. The molecule has 0 bridgehead atoms. The van der Waals surface area contributed by atoms with Gasteiger partial charge in [-0.1, -0.05) is 36.4 Å². The van der Waals surface area contributed by atoms with Crippen LogP contribution in [0.5, 0.6) is 0 Å². The molecule has 1 saturated carbocycles. The van der Waals surface area contributed by atoms with Crippen LogP contribution in [0.25, 0.3) is 11.3 Å². The lowest BCUT2D eigenvalue weighted by atomic mass is 10.1. The van der Waals surface area contributed by atoms with Crippen LogP contribution in [-0.2, 0) is 6.54 Å². The van der Waals surface area contributed by atoms with E-state index in [4.69, 9.17) is 10.1 Å². The van der Waals surface area contributed by atoms with E-state index in [0.29, 0.717) is 12.1 Å². The Morgan fingerprint density at radius 1 is 1.03 bits per heavy atom. The van der Waals surface area contributed by atoms with Gasteiger partial charge in [-0.2, -0.15) is 5.10 Å². The largest absolute Gasteiger partial charge is 0.289 e. The van der Waals surface area contributed by atoms with Gasteiger partial charge in [0.05, 0.1) is 24.3 Å². The molecule has 8 nitrogen and oxygen atoms in total. The van der Waals surface area contributed by atoms with E-state index in [1.807, 2.05) is 55.1 Å². The quantitative estimate of drug-likeness (QED) is 0.367. The molecule has 0 saturated heterocycles. The van der Waals surface area contributed by atoms with E-state index in [0.717, 1.165) is 63.6 Å². The van der Waals surface area contributed by atoms with Crippen LogP contribution in [0.3, 0.4) is 0 Å². The van der Waals surface area contributed by atoms with Crippen molar-refractivity contribution in [1.29, 1.82) is 0 Å². The summed E-state index contributed by atoms with van der Waals surface area (Å²) in [6, 6.07) is 20.8. The number of fused-ring (bicyclic) bond motifs is 5. The highest BCUT2D eigenvalue weighted by Gasteiger charge is 2.49. The third-order valence-corrected chi connectivity index (χ3v) is 8.57. The molecule has 1 aromatic carbocycles. The minimum Gasteiger partial charge on any atom is -0.289 e. The molecule has 1 amide bonds. The van der Waals surface area contributed by atoms with Gasteiger partial charge in [0.2, 0.25) is 5.96 Å². The van der Waals surface area contributed by atoms with E-state index in [1.165, 1.54) is 11.8 Å². The Bertz CT molecular complexity index is 1560. The average molecular weight is 522 g/mol. The normalized spacial score (nSPS) is 19.8. The summed E-state index contributed by atoms with van der Waals surface area (Å²) in [5.41, 5.74) is 4.75. The minimum absolute atomic E-state index is 0.0690. The Hall–Kier alpha value is -3.98. The van der Waals surface area contributed by atoms with Crippen molar-refractivity contribution < 1.29 is 4.79 Å². The Labute approximate surface area is 225 Å². The number of pyridine rings is 2. The highest BCUT2D eigenvalue weighted by atomic mass is 32.2. The van der Waals surface area contributed by atoms with Crippen LogP contribution in [0.2, 0.25) is 0 Å². The number of carbonyl (C=O) groups is 1. The molecule has 4 aromatic rings. The zero-order chi connectivity index (χ0) is 25.8. The molecule has 38 heavy (non-hydrogen) atoms. The zero-order valence-corrected chi connectivity index (χ0v) is 22.1. The summed E-state index contributed by atoms with van der Waals surface area (Å²) in [7, 11) is 1.82. The van der Waals surface area contributed by atoms with Gasteiger partial charge in [-0.15, -0.1) is 0 Å². The van der Waals surface area contributed by atoms with Crippen molar-refractivity contribution in [2.24, 2.45) is 4.99 Å². The van der Waals surface area contributed by atoms with Gasteiger partial charge < -0.3 is 0 Å². The molecule has 1 aliphatic carbocycles. The van der Waals surface area contributed by atoms with Gasteiger partial charge in [-0.05, 0) is 67.8 Å². The van der Waals surface area contributed by atoms with Crippen molar-refractivity contribution >= 4 is 29.4 Å². The fourth-order valence-electron chi connectivity index (χ4n) is 5.66. The molecule has 2 atom stereocenters. The van der Waals surface area contributed by atoms with Gasteiger partial charge in [0.25, 0.3) is 5.91 Å². The molecular formula is C29H27N7OS. The van der Waals surface area contributed by atoms with Crippen molar-refractivity contribution in [2.45, 2.75) is 54.9 Å². The van der Waals surface area contributed by atoms with Gasteiger partial charge in [-0.25, -0.2) is 9.98 Å². The molecule has 5 heterocycles. The second kappa shape index (κ2) is 9.09. The van der Waals surface area contributed by atoms with Crippen LogP contribution in [0.15, 0.2) is 81.9 Å². The summed E-state index contributed by atoms with van der Waals surface area (Å²) in [6.07, 6.45) is 5.04. The monoisotopic (exact) mass is 521 g/mol. The van der Waals surface area contributed by atoms with Gasteiger partial charge in [0.15, 0.2) is 5.82 Å². The summed E-state index contributed by atoms with van der Waals surface area (Å²) in [5, 5.41) is 6.71. The maximum Gasteiger partial charge on any atom is 0.266 e. The van der Waals surface area contributed by atoms with Crippen LogP contribution < -0.4 is 4.90 Å². The lowest BCUT2D eigenvalue weighted by Gasteiger charge is -2.34. The molecule has 0 unspecified atom stereocenters. The van der Waals surface area contributed by atoms with E-state index in [9.17, 15) is 4.79 Å². The molecular weight excluding hydrogens is 494 g/mol. The predicted molar refractivity (Wildman–Crippen MR) is 148 cm³/mol. The molecule has 1 fully saturated rings. The number of hydrogen-bond donors (Lipinski definition) is 0. The number of aromatic nitrogens is 4. The molecule has 7 rings (SSSR count). The fourth-order valence-corrected chi connectivity index (χ4v) is 6.60. The number of aliphatic imine (C=N–C) groups is 1. The van der Waals surface area contributed by atoms with E-state index in [-0.39, 0.29) is 18.0 Å². The SMILES string of the molecule is Cc1cccc(-c2ccc(Cn3nc4c(c3Sc3ccccn3)C(=O)N(C)C3=N[C@@H]5CCC[C@@H]5N34)cc2)n1. The van der Waals surface area contributed by atoms with Crippen LogP contribution in [0.1, 0.15) is 40.9 Å². The molecule has 190 valence electrons. The topological polar surface area (TPSA) is 79.5 Å². The predicted octanol–water partition coefficient (Wildman–Crippen LogP) is 5.03. The van der Waals surface area contributed by atoms with Crippen molar-refractivity contribution in [2.75, 3.05) is 11.9 Å². The third kappa shape index (κ3) is 3.80. The number of benzene rings is 1. The maximum absolute atomic E-state index is 13.7. The third-order valence-electron chi connectivity index (χ3n) is 7.52. The first-order chi connectivity index (χ1) is 18.6. The number of anilines is 1. The standard InChI is InChI=1S/C29H27N7OS/c1-18-7-5-8-21(31-18)20-14-12-19(13-15-20)17-35-28(38-24-11-3-4-16-30-24)25-26(33-35)36-23-10-6-9-22(23)32-29(36)34(2)27(25)37/h3-5,7-8,11-16,22-23H,6,9-10,17H2,1-2H3/t22-,23+/m1/s1. The average Bonchev–Trinajstić information content (AvgIpc) is 3.62. The summed E-state index contributed by atoms with van der Waals surface area (Å²) < 4.78 is 1.96. The molecule has 9 heteroatoms. The number of nitrogens with zero attached hydrogens (tertiary/aromatic N) is 7. The first-order valence-electron chi connectivity index (χ1n) is 12.9. The van der Waals surface area contributed by atoms with E-state index >= 15 is 0 Å². The summed E-state index contributed by atoms with van der Waals surface area (Å²) in [6.45, 7) is 2.54. The number of hydrogen-bond acceptors (Lipinski definition) is 7. The van der Waals surface area contributed by atoms with Gasteiger partial charge >= 0.3 is 0 Å². The molecule has 3 aromatic heterocycles. The Kier molecular flexibility index (Phi) is 5.54. The number of rotatable bonds is 5. The van der Waals surface area contributed by atoms with E-state index in [1.54, 1.807) is 11.1 Å². The van der Waals surface area contributed by atoms with Crippen LogP contribution in [0.4, 0.5) is 5.82 Å². The van der Waals surface area contributed by atoms with Crippen molar-refractivity contribution in [3.8, 4) is 11.3 Å². The first-order valence-corrected chi connectivity index (χ1v) is 13.8. The summed E-state index contributed by atoms with van der Waals surface area (Å²) in [5.74, 6) is 1.38. The van der Waals surface area contributed by atoms with Crippen LogP contribution in [0, 0.1) is 6.92 Å². The Morgan fingerprint density at radius 3 is 2.68 bits per heavy atom. The number of aryl methyl sites for hydroxylation is 1. The van der Waals surface area contributed by atoms with Crippen molar-refractivity contribution in [1.82, 2.24) is 24.6 Å². The molecule has 0 radical (unpaired) electrons. The maximum atomic E-state index is 13.7. The van der Waals surface area contributed by atoms with Gasteiger partial charge in [-0.3, -0.25) is 24.3 Å². The van der Waals surface area contributed by atoms with Crippen LogP contribution >= 0.6 is 11.8 Å². The number of guanidine groups is 1. The second-order valence-corrected chi connectivity index (χ2v) is 11.0.